The number of aromatic nitrogens is 2. The van der Waals surface area contributed by atoms with Gasteiger partial charge in [-0.3, -0.25) is 9.59 Å². The molecule has 32 heavy (non-hydrogen) atoms. The fourth-order valence-corrected chi connectivity index (χ4v) is 6.08. The van der Waals surface area contributed by atoms with E-state index in [2.05, 4.69) is 20.2 Å². The quantitative estimate of drug-likeness (QED) is 0.780. The summed E-state index contributed by atoms with van der Waals surface area (Å²) in [5.41, 5.74) is -0.0819. The minimum Gasteiger partial charge on any atom is -0.467 e. The zero-order valence-corrected chi connectivity index (χ0v) is 17.9. The van der Waals surface area contributed by atoms with Crippen LogP contribution in [0.1, 0.15) is 36.0 Å². The van der Waals surface area contributed by atoms with Gasteiger partial charge in [0.15, 0.2) is 5.72 Å². The Hall–Kier alpha value is -3.16. The van der Waals surface area contributed by atoms with E-state index in [1.54, 1.807) is 18.5 Å². The van der Waals surface area contributed by atoms with E-state index in [4.69, 9.17) is 4.74 Å². The third-order valence-electron chi connectivity index (χ3n) is 7.71. The van der Waals surface area contributed by atoms with Crippen LogP contribution in [0.2, 0.25) is 0 Å². The van der Waals surface area contributed by atoms with Gasteiger partial charge >= 0.3 is 0 Å². The van der Waals surface area contributed by atoms with Crippen LogP contribution in [0.5, 0.6) is 5.75 Å². The van der Waals surface area contributed by atoms with Gasteiger partial charge in [0.1, 0.15) is 5.75 Å². The maximum atomic E-state index is 13.5. The minimum atomic E-state index is -0.672. The van der Waals surface area contributed by atoms with Crippen molar-refractivity contribution in [2.75, 3.05) is 31.1 Å². The lowest BCUT2D eigenvalue weighted by Gasteiger charge is -2.55. The van der Waals surface area contributed by atoms with Crippen LogP contribution in [0, 0.1) is 17.8 Å². The molecule has 2 amide bonds. The Balaban J connectivity index is 1.14. The average Bonchev–Trinajstić information content (AvgIpc) is 2.84. The third kappa shape index (κ3) is 3.12. The largest absolute Gasteiger partial charge is 0.467 e. The molecule has 3 saturated carbocycles. The highest BCUT2D eigenvalue weighted by Gasteiger charge is 2.57. The Morgan fingerprint density at radius 3 is 2.59 bits per heavy atom. The van der Waals surface area contributed by atoms with Crippen LogP contribution in [0.25, 0.3) is 0 Å². The SMILES string of the molecule is O=C1N[C@@]2(C[C@H]3CC[C@@H]2C[C@@H]3C(=O)N2CCN(c3ncccn3)CC2)Oc2ccccc21. The first-order valence-electron chi connectivity index (χ1n) is 11.5. The first-order valence-corrected chi connectivity index (χ1v) is 11.5. The van der Waals surface area contributed by atoms with Crippen LogP contribution in [0.15, 0.2) is 42.7 Å². The van der Waals surface area contributed by atoms with Gasteiger partial charge in [0.2, 0.25) is 11.9 Å². The summed E-state index contributed by atoms with van der Waals surface area (Å²) < 4.78 is 6.42. The van der Waals surface area contributed by atoms with Gasteiger partial charge in [-0.1, -0.05) is 12.1 Å². The predicted octanol–water partition coefficient (Wildman–Crippen LogP) is 2.08. The van der Waals surface area contributed by atoms with Crippen LogP contribution < -0.4 is 15.0 Å². The lowest BCUT2D eigenvalue weighted by atomic mass is 9.59. The molecule has 4 fully saturated rings. The van der Waals surface area contributed by atoms with Crippen molar-refractivity contribution in [2.24, 2.45) is 17.8 Å². The molecule has 1 aromatic carbocycles. The molecule has 2 bridgehead atoms. The highest BCUT2D eigenvalue weighted by molar-refractivity contribution is 5.98. The van der Waals surface area contributed by atoms with E-state index < -0.39 is 5.72 Å². The molecule has 0 unspecified atom stereocenters. The van der Waals surface area contributed by atoms with Crippen LogP contribution in [0.4, 0.5) is 5.95 Å². The summed E-state index contributed by atoms with van der Waals surface area (Å²) in [7, 11) is 0. The van der Waals surface area contributed by atoms with Crippen molar-refractivity contribution in [3.8, 4) is 5.75 Å². The van der Waals surface area contributed by atoms with Gasteiger partial charge in [-0.25, -0.2) is 9.97 Å². The number of nitrogens with zero attached hydrogens (tertiary/aromatic N) is 4. The minimum absolute atomic E-state index is 0.0107. The molecular weight excluding hydrogens is 406 g/mol. The molecule has 2 aromatic rings. The van der Waals surface area contributed by atoms with Crippen LogP contribution in [0.3, 0.4) is 0 Å². The number of carbonyl (C=O) groups is 2. The van der Waals surface area contributed by atoms with E-state index in [1.807, 2.05) is 29.2 Å². The maximum Gasteiger partial charge on any atom is 0.258 e. The molecular formula is C24H27N5O3. The number of rotatable bonds is 2. The second kappa shape index (κ2) is 7.46. The number of para-hydroxylation sites is 1. The number of carbonyl (C=O) groups excluding carboxylic acids is 2. The second-order valence-electron chi connectivity index (χ2n) is 9.38. The molecule has 8 nitrogen and oxygen atoms in total. The Labute approximate surface area is 187 Å². The van der Waals surface area contributed by atoms with Gasteiger partial charge in [-0.15, -0.1) is 0 Å². The summed E-state index contributed by atoms with van der Waals surface area (Å²) in [6.45, 7) is 2.88. The number of nitrogens with one attached hydrogen (secondary N) is 1. The van der Waals surface area contributed by atoms with Gasteiger partial charge in [-0.05, 0) is 43.4 Å². The molecule has 0 radical (unpaired) electrons. The summed E-state index contributed by atoms with van der Waals surface area (Å²) in [5, 5.41) is 3.18. The van der Waals surface area contributed by atoms with Crippen molar-refractivity contribution < 1.29 is 14.3 Å². The number of hydrogen-bond acceptors (Lipinski definition) is 6. The molecule has 1 N–H and O–H groups in total. The number of hydrogen-bond donors (Lipinski definition) is 1. The molecule has 3 heterocycles. The Morgan fingerprint density at radius 1 is 1.06 bits per heavy atom. The van der Waals surface area contributed by atoms with E-state index in [0.29, 0.717) is 30.8 Å². The molecule has 5 aliphatic rings. The molecule has 1 saturated heterocycles. The second-order valence-corrected chi connectivity index (χ2v) is 9.38. The summed E-state index contributed by atoms with van der Waals surface area (Å²) >= 11 is 0. The van der Waals surface area contributed by atoms with Crippen molar-refractivity contribution in [1.29, 1.82) is 0 Å². The zero-order valence-electron chi connectivity index (χ0n) is 17.9. The molecule has 8 heteroatoms. The predicted molar refractivity (Wildman–Crippen MR) is 117 cm³/mol. The average molecular weight is 434 g/mol. The summed E-state index contributed by atoms with van der Waals surface area (Å²) in [6.07, 6.45) is 6.97. The molecule has 4 atom stereocenters. The van der Waals surface area contributed by atoms with Crippen LogP contribution in [-0.4, -0.2) is 58.6 Å². The number of benzene rings is 1. The summed E-state index contributed by atoms with van der Waals surface area (Å²) in [6, 6.07) is 9.23. The first-order chi connectivity index (χ1) is 15.6. The van der Waals surface area contributed by atoms with Gasteiger partial charge in [0.25, 0.3) is 5.91 Å². The molecule has 1 spiro atoms. The fourth-order valence-electron chi connectivity index (χ4n) is 6.08. The maximum absolute atomic E-state index is 13.5. The standard InChI is InChI=1S/C24H27N5O3/c30-21-18-4-1-2-5-20(18)32-24(27-21)15-16-6-7-17(24)14-19(16)22(31)28-10-12-29(13-11-28)23-25-8-3-9-26-23/h1-5,8-9,16-17,19H,6-7,10-15H2,(H,27,30)/t16-,17-,19+,24+/m1/s1. The molecule has 1 aromatic heterocycles. The number of ether oxygens (including phenoxy) is 1. The Bertz CT molecular complexity index is 1040. The van der Waals surface area contributed by atoms with Gasteiger partial charge in [-0.2, -0.15) is 0 Å². The molecule has 3 aliphatic carbocycles. The van der Waals surface area contributed by atoms with E-state index in [-0.39, 0.29) is 29.6 Å². The van der Waals surface area contributed by atoms with E-state index in [1.165, 1.54) is 0 Å². The van der Waals surface area contributed by atoms with E-state index >= 15 is 0 Å². The van der Waals surface area contributed by atoms with E-state index in [0.717, 1.165) is 38.3 Å². The fraction of sp³-hybridized carbons (Fsp3) is 0.500. The van der Waals surface area contributed by atoms with Crippen molar-refractivity contribution in [1.82, 2.24) is 20.2 Å². The number of anilines is 1. The monoisotopic (exact) mass is 433 g/mol. The lowest BCUT2D eigenvalue weighted by molar-refractivity contribution is -0.155. The van der Waals surface area contributed by atoms with E-state index in [9.17, 15) is 9.59 Å². The Morgan fingerprint density at radius 2 is 1.84 bits per heavy atom. The number of amides is 2. The van der Waals surface area contributed by atoms with Gasteiger partial charge in [0.05, 0.1) is 5.56 Å². The smallest absolute Gasteiger partial charge is 0.258 e. The first kappa shape index (κ1) is 19.5. The van der Waals surface area contributed by atoms with Gasteiger partial charge in [0, 0.05) is 56.8 Å². The van der Waals surface area contributed by atoms with Crippen molar-refractivity contribution in [3.63, 3.8) is 0 Å². The Kier molecular flexibility index (Phi) is 4.55. The highest BCUT2D eigenvalue weighted by atomic mass is 16.5. The molecule has 2 aliphatic heterocycles. The molecule has 166 valence electrons. The van der Waals surface area contributed by atoms with Crippen LogP contribution >= 0.6 is 0 Å². The highest BCUT2D eigenvalue weighted by Crippen LogP contribution is 2.52. The third-order valence-corrected chi connectivity index (χ3v) is 7.71. The van der Waals surface area contributed by atoms with Crippen molar-refractivity contribution in [3.05, 3.63) is 48.3 Å². The number of fused-ring (bicyclic) bond motifs is 3. The molecule has 7 rings (SSSR count). The van der Waals surface area contributed by atoms with Crippen molar-refractivity contribution in [2.45, 2.75) is 31.4 Å². The van der Waals surface area contributed by atoms with Crippen molar-refractivity contribution >= 4 is 17.8 Å². The van der Waals surface area contributed by atoms with Crippen LogP contribution in [-0.2, 0) is 4.79 Å². The van der Waals surface area contributed by atoms with Gasteiger partial charge < -0.3 is 19.9 Å². The topological polar surface area (TPSA) is 87.7 Å². The summed E-state index contributed by atoms with van der Waals surface area (Å²) in [5.74, 6) is 1.96. The normalized spacial score (nSPS) is 31.1. The number of piperazine rings is 1. The zero-order chi connectivity index (χ0) is 21.7. The summed E-state index contributed by atoms with van der Waals surface area (Å²) in [4.78, 5) is 39.0. The lowest BCUT2D eigenvalue weighted by Crippen LogP contribution is -2.67.